The summed E-state index contributed by atoms with van der Waals surface area (Å²) in [6, 6.07) is 13.9. The number of aromatic hydroxyl groups is 1. The van der Waals surface area contributed by atoms with Crippen LogP contribution in [-0.4, -0.2) is 21.2 Å². The molecule has 0 aliphatic heterocycles. The van der Waals surface area contributed by atoms with Gasteiger partial charge in [-0.15, -0.1) is 11.3 Å². The van der Waals surface area contributed by atoms with Crippen molar-refractivity contribution in [2.24, 2.45) is 0 Å². The van der Waals surface area contributed by atoms with E-state index in [1.807, 2.05) is 29.6 Å². The molecule has 3 aromatic rings. The highest BCUT2D eigenvalue weighted by Gasteiger charge is 2.11. The molecule has 0 saturated carbocycles. The molecule has 0 radical (unpaired) electrons. The summed E-state index contributed by atoms with van der Waals surface area (Å²) in [6.07, 6.45) is 1.46. The summed E-state index contributed by atoms with van der Waals surface area (Å²) in [4.78, 5) is 15.6. The van der Waals surface area contributed by atoms with Crippen LogP contribution in [0.5, 0.6) is 5.75 Å². The van der Waals surface area contributed by atoms with Gasteiger partial charge in [-0.1, -0.05) is 28.1 Å². The van der Waals surface area contributed by atoms with Gasteiger partial charge in [-0.3, -0.25) is 0 Å². The van der Waals surface area contributed by atoms with E-state index in [-0.39, 0.29) is 11.3 Å². The molecule has 1 heterocycles. The van der Waals surface area contributed by atoms with E-state index >= 15 is 0 Å². The van der Waals surface area contributed by atoms with Crippen molar-refractivity contribution in [1.82, 2.24) is 4.98 Å². The molecule has 0 amide bonds. The molecular formula is C19H12BrN3O3S. The molecule has 0 atom stereocenters. The maximum atomic E-state index is 11.1. The van der Waals surface area contributed by atoms with E-state index in [4.69, 9.17) is 5.11 Å². The SMILES string of the molecule is N#C/C(=C\Nc1ccc(O)c(C(=O)O)c1)c1nc(-c2cccc(Br)c2)cs1. The third-order valence-electron chi connectivity index (χ3n) is 3.59. The van der Waals surface area contributed by atoms with Gasteiger partial charge in [0.05, 0.1) is 5.69 Å². The van der Waals surface area contributed by atoms with Gasteiger partial charge >= 0.3 is 5.97 Å². The number of hydrogen-bond acceptors (Lipinski definition) is 6. The maximum Gasteiger partial charge on any atom is 0.339 e. The predicted molar refractivity (Wildman–Crippen MR) is 108 cm³/mol. The van der Waals surface area contributed by atoms with Crippen LogP contribution in [0.15, 0.2) is 58.5 Å². The highest BCUT2D eigenvalue weighted by Crippen LogP contribution is 2.28. The first-order valence-electron chi connectivity index (χ1n) is 7.63. The molecule has 0 aliphatic rings. The van der Waals surface area contributed by atoms with Gasteiger partial charge in [-0.2, -0.15) is 5.26 Å². The second kappa shape index (κ2) is 8.03. The van der Waals surface area contributed by atoms with E-state index in [1.165, 1.54) is 35.7 Å². The van der Waals surface area contributed by atoms with Crippen LogP contribution in [0.2, 0.25) is 0 Å². The van der Waals surface area contributed by atoms with Crippen LogP contribution in [-0.2, 0) is 0 Å². The normalized spacial score (nSPS) is 11.0. The summed E-state index contributed by atoms with van der Waals surface area (Å²) in [5.74, 6) is -1.56. The average molecular weight is 442 g/mol. The number of thiazole rings is 1. The Balaban J connectivity index is 1.85. The Morgan fingerprint density at radius 2 is 2.11 bits per heavy atom. The van der Waals surface area contributed by atoms with Gasteiger partial charge in [0, 0.05) is 27.3 Å². The number of hydrogen-bond donors (Lipinski definition) is 3. The van der Waals surface area contributed by atoms with Crippen LogP contribution in [0.1, 0.15) is 15.4 Å². The van der Waals surface area contributed by atoms with Crippen LogP contribution < -0.4 is 5.32 Å². The van der Waals surface area contributed by atoms with Gasteiger partial charge in [0.15, 0.2) is 0 Å². The Morgan fingerprint density at radius 3 is 2.81 bits per heavy atom. The molecule has 0 unspecified atom stereocenters. The number of rotatable bonds is 5. The fraction of sp³-hybridized carbons (Fsp3) is 0. The third kappa shape index (κ3) is 4.34. The van der Waals surface area contributed by atoms with Crippen molar-refractivity contribution in [3.05, 3.63) is 69.1 Å². The minimum atomic E-state index is -1.24. The summed E-state index contributed by atoms with van der Waals surface area (Å²) in [5, 5.41) is 33.3. The number of halogens is 1. The molecule has 3 rings (SSSR count). The van der Waals surface area contributed by atoms with Crippen molar-refractivity contribution in [2.75, 3.05) is 5.32 Å². The van der Waals surface area contributed by atoms with E-state index in [1.54, 1.807) is 0 Å². The van der Waals surface area contributed by atoms with Crippen molar-refractivity contribution < 1.29 is 15.0 Å². The topological polar surface area (TPSA) is 106 Å². The monoisotopic (exact) mass is 441 g/mol. The number of anilines is 1. The number of nitrogens with zero attached hydrogens (tertiary/aromatic N) is 2. The zero-order chi connectivity index (χ0) is 19.4. The number of benzene rings is 2. The lowest BCUT2D eigenvalue weighted by Crippen LogP contribution is -1.98. The zero-order valence-corrected chi connectivity index (χ0v) is 16.1. The Hall–Kier alpha value is -3.15. The van der Waals surface area contributed by atoms with Gasteiger partial charge in [0.1, 0.15) is 28.0 Å². The Morgan fingerprint density at radius 1 is 1.30 bits per heavy atom. The lowest BCUT2D eigenvalue weighted by molar-refractivity contribution is 0.0694. The van der Waals surface area contributed by atoms with Crippen LogP contribution in [0.25, 0.3) is 16.8 Å². The number of carboxylic acid groups (broad SMARTS) is 1. The minimum Gasteiger partial charge on any atom is -0.507 e. The van der Waals surface area contributed by atoms with Gasteiger partial charge in [0.2, 0.25) is 0 Å². The molecule has 134 valence electrons. The first-order valence-corrected chi connectivity index (χ1v) is 9.30. The van der Waals surface area contributed by atoms with E-state index in [9.17, 15) is 15.2 Å². The van der Waals surface area contributed by atoms with E-state index in [2.05, 4.69) is 32.3 Å². The molecule has 0 saturated heterocycles. The number of nitrogens with one attached hydrogen (secondary N) is 1. The fourth-order valence-electron chi connectivity index (χ4n) is 2.27. The lowest BCUT2D eigenvalue weighted by atomic mass is 10.2. The molecule has 3 N–H and O–H groups in total. The van der Waals surface area contributed by atoms with Crippen molar-refractivity contribution >= 4 is 44.5 Å². The molecule has 0 fully saturated rings. The molecule has 6 nitrogen and oxygen atoms in total. The second-order valence-corrected chi connectivity index (χ2v) is 7.17. The number of phenols is 1. The third-order valence-corrected chi connectivity index (χ3v) is 4.95. The largest absolute Gasteiger partial charge is 0.507 e. The second-order valence-electron chi connectivity index (χ2n) is 5.40. The first kappa shape index (κ1) is 18.6. The number of aromatic nitrogens is 1. The van der Waals surface area contributed by atoms with E-state index < -0.39 is 5.97 Å². The van der Waals surface area contributed by atoms with E-state index in [0.29, 0.717) is 16.3 Å². The first-order chi connectivity index (χ1) is 13.0. The summed E-state index contributed by atoms with van der Waals surface area (Å²) >= 11 is 4.76. The highest BCUT2D eigenvalue weighted by atomic mass is 79.9. The van der Waals surface area contributed by atoms with Gasteiger partial charge in [0.25, 0.3) is 0 Å². The molecule has 2 aromatic carbocycles. The van der Waals surface area contributed by atoms with Gasteiger partial charge < -0.3 is 15.5 Å². The Kier molecular flexibility index (Phi) is 5.54. The maximum absolute atomic E-state index is 11.1. The van der Waals surface area contributed by atoms with Crippen molar-refractivity contribution in [3.63, 3.8) is 0 Å². The quantitative estimate of drug-likeness (QED) is 0.381. The standard InChI is InChI=1S/C19H12BrN3O3S/c20-13-3-1-2-11(6-13)16-10-27-18(23-16)12(8-21)9-22-14-4-5-17(24)15(7-14)19(25)26/h1-7,9-10,22,24H,(H,25,26)/b12-9+. The molecule has 0 bridgehead atoms. The fourth-order valence-corrected chi connectivity index (χ4v) is 3.47. The molecule has 0 aliphatic carbocycles. The Bertz CT molecular complexity index is 1090. The molecular weight excluding hydrogens is 430 g/mol. The predicted octanol–water partition coefficient (Wildman–Crippen LogP) is 4.95. The highest BCUT2D eigenvalue weighted by molar-refractivity contribution is 9.10. The Labute approximate surface area is 167 Å². The number of carbonyl (C=O) groups is 1. The van der Waals surface area contributed by atoms with Crippen LogP contribution >= 0.6 is 27.3 Å². The zero-order valence-electron chi connectivity index (χ0n) is 13.7. The van der Waals surface area contributed by atoms with Crippen molar-refractivity contribution in [3.8, 4) is 23.1 Å². The van der Waals surface area contributed by atoms with Crippen LogP contribution in [0.3, 0.4) is 0 Å². The number of allylic oxidation sites excluding steroid dienone is 1. The molecule has 27 heavy (non-hydrogen) atoms. The minimum absolute atomic E-state index is 0.224. The molecule has 0 spiro atoms. The lowest BCUT2D eigenvalue weighted by Gasteiger charge is -2.05. The smallest absolute Gasteiger partial charge is 0.339 e. The average Bonchev–Trinajstić information content (AvgIpc) is 3.13. The van der Waals surface area contributed by atoms with Gasteiger partial charge in [-0.05, 0) is 30.3 Å². The number of carboxylic acids is 1. The summed E-state index contributed by atoms with van der Waals surface area (Å²) in [5.41, 5.74) is 2.21. The van der Waals surface area contributed by atoms with Crippen LogP contribution in [0, 0.1) is 11.3 Å². The van der Waals surface area contributed by atoms with Gasteiger partial charge in [-0.25, -0.2) is 9.78 Å². The number of nitriles is 1. The summed E-state index contributed by atoms with van der Waals surface area (Å²) in [7, 11) is 0. The summed E-state index contributed by atoms with van der Waals surface area (Å²) in [6.45, 7) is 0. The number of aromatic carboxylic acids is 1. The molecule has 8 heteroatoms. The molecule has 1 aromatic heterocycles. The summed E-state index contributed by atoms with van der Waals surface area (Å²) < 4.78 is 0.939. The van der Waals surface area contributed by atoms with Crippen molar-refractivity contribution in [2.45, 2.75) is 0 Å². The van der Waals surface area contributed by atoms with Crippen LogP contribution in [0.4, 0.5) is 5.69 Å². The van der Waals surface area contributed by atoms with Crippen molar-refractivity contribution in [1.29, 1.82) is 5.26 Å². The van der Waals surface area contributed by atoms with E-state index in [0.717, 1.165) is 15.7 Å².